The Morgan fingerprint density at radius 2 is 1.77 bits per heavy atom. The van der Waals surface area contributed by atoms with E-state index in [1.807, 2.05) is 39.8 Å². The van der Waals surface area contributed by atoms with Crippen molar-refractivity contribution >= 4 is 35.2 Å². The first-order valence-corrected chi connectivity index (χ1v) is 12.0. The Bertz CT molecular complexity index is 1100. The van der Waals surface area contributed by atoms with Crippen molar-refractivity contribution in [3.8, 4) is 0 Å². The van der Waals surface area contributed by atoms with E-state index in [9.17, 15) is 19.5 Å². The molecule has 188 valence electrons. The van der Waals surface area contributed by atoms with E-state index < -0.39 is 23.1 Å². The molecule has 0 saturated carbocycles. The van der Waals surface area contributed by atoms with Crippen LogP contribution >= 0.6 is 11.6 Å². The molecular formula is C26H33ClN4O4. The van der Waals surface area contributed by atoms with Gasteiger partial charge in [-0.1, -0.05) is 57.5 Å². The van der Waals surface area contributed by atoms with Crippen LogP contribution < -0.4 is 16.4 Å². The fraction of sp³-hybridized carbons (Fsp3) is 0.423. The molecule has 2 aromatic rings. The van der Waals surface area contributed by atoms with Gasteiger partial charge in [0.25, 0.3) is 5.91 Å². The third-order valence-corrected chi connectivity index (χ3v) is 7.09. The number of hydrogen-bond donors (Lipinski definition) is 4. The molecule has 2 atom stereocenters. The molecule has 2 aromatic carbocycles. The molecule has 0 aromatic heterocycles. The van der Waals surface area contributed by atoms with E-state index in [-0.39, 0.29) is 17.7 Å². The minimum atomic E-state index is -1.14. The Balaban J connectivity index is 1.85. The van der Waals surface area contributed by atoms with Crippen molar-refractivity contribution in [2.45, 2.75) is 45.7 Å². The lowest BCUT2D eigenvalue weighted by atomic mass is 9.63. The molecule has 0 spiro atoms. The highest BCUT2D eigenvalue weighted by Crippen LogP contribution is 2.46. The number of carbonyl (C=O) groups is 3. The number of nitrogens with zero attached hydrogens (tertiary/aromatic N) is 1. The summed E-state index contributed by atoms with van der Waals surface area (Å²) in [5, 5.41) is 15.8. The molecule has 0 radical (unpaired) electrons. The molecule has 5 N–H and O–H groups in total. The highest BCUT2D eigenvalue weighted by molar-refractivity contribution is 6.30. The summed E-state index contributed by atoms with van der Waals surface area (Å²) in [6.45, 7) is 8.25. The van der Waals surface area contributed by atoms with Gasteiger partial charge >= 0.3 is 6.09 Å². The summed E-state index contributed by atoms with van der Waals surface area (Å²) in [6, 6.07) is 13.0. The molecule has 1 heterocycles. The zero-order chi connectivity index (χ0) is 26.0. The predicted molar refractivity (Wildman–Crippen MR) is 136 cm³/mol. The largest absolute Gasteiger partial charge is 0.465 e. The summed E-state index contributed by atoms with van der Waals surface area (Å²) in [4.78, 5) is 40.0. The average molecular weight is 501 g/mol. The Hall–Kier alpha value is -3.26. The van der Waals surface area contributed by atoms with Crippen LogP contribution in [0.3, 0.4) is 0 Å². The molecular weight excluding hydrogens is 468 g/mol. The number of amides is 3. The number of nitrogen functional groups attached to an aromatic ring is 1. The Morgan fingerprint density at radius 1 is 1.11 bits per heavy atom. The number of rotatable bonds is 6. The van der Waals surface area contributed by atoms with Crippen LogP contribution in [0.1, 0.15) is 50.0 Å². The van der Waals surface area contributed by atoms with Crippen molar-refractivity contribution in [2.75, 3.05) is 18.8 Å². The Kier molecular flexibility index (Phi) is 7.65. The molecule has 0 aliphatic carbocycles. The molecule has 1 aliphatic rings. The molecule has 0 unspecified atom stereocenters. The molecule has 1 fully saturated rings. The third kappa shape index (κ3) is 5.53. The molecule has 3 amide bonds. The third-order valence-electron chi connectivity index (χ3n) is 6.84. The zero-order valence-electron chi connectivity index (χ0n) is 20.5. The van der Waals surface area contributed by atoms with Crippen LogP contribution in [0, 0.1) is 11.3 Å². The van der Waals surface area contributed by atoms with Crippen molar-refractivity contribution in [1.29, 1.82) is 0 Å². The van der Waals surface area contributed by atoms with Crippen LogP contribution in [0.15, 0.2) is 48.5 Å². The maximum atomic E-state index is 13.6. The summed E-state index contributed by atoms with van der Waals surface area (Å²) >= 11 is 6.07. The van der Waals surface area contributed by atoms with Gasteiger partial charge in [0.2, 0.25) is 5.91 Å². The maximum absolute atomic E-state index is 13.6. The first-order valence-electron chi connectivity index (χ1n) is 11.6. The molecule has 9 heteroatoms. The first kappa shape index (κ1) is 26.3. The fourth-order valence-corrected chi connectivity index (χ4v) is 5.02. The summed E-state index contributed by atoms with van der Waals surface area (Å²) in [5.74, 6) is -0.732. The van der Waals surface area contributed by atoms with E-state index >= 15 is 0 Å². The van der Waals surface area contributed by atoms with E-state index in [4.69, 9.17) is 17.3 Å². The number of anilines is 1. The smallest absolute Gasteiger partial charge is 0.405 e. The number of carboxylic acid groups (broad SMARTS) is 1. The van der Waals surface area contributed by atoms with Crippen molar-refractivity contribution in [2.24, 2.45) is 11.3 Å². The van der Waals surface area contributed by atoms with Crippen LogP contribution in [0.2, 0.25) is 5.02 Å². The van der Waals surface area contributed by atoms with E-state index in [1.165, 1.54) is 0 Å². The minimum absolute atomic E-state index is 0.157. The summed E-state index contributed by atoms with van der Waals surface area (Å²) in [7, 11) is 0. The monoisotopic (exact) mass is 500 g/mol. The molecule has 3 rings (SSSR count). The van der Waals surface area contributed by atoms with Crippen LogP contribution in [0.4, 0.5) is 10.5 Å². The molecule has 0 bridgehead atoms. The van der Waals surface area contributed by atoms with Crippen LogP contribution in [0.5, 0.6) is 0 Å². The van der Waals surface area contributed by atoms with Gasteiger partial charge in [-0.3, -0.25) is 9.59 Å². The van der Waals surface area contributed by atoms with E-state index in [1.54, 1.807) is 41.3 Å². The summed E-state index contributed by atoms with van der Waals surface area (Å²) < 4.78 is 0. The number of benzene rings is 2. The first-order chi connectivity index (χ1) is 16.4. The SMILES string of the molecule is CC(C)[C@@H](NC(=O)c1cccc(N)c1)C(=O)N1CC[C@](NC(=O)O)(c2ccc(Cl)cc2)C(C)(C)C1. The number of halogens is 1. The minimum Gasteiger partial charge on any atom is -0.465 e. The van der Waals surface area contributed by atoms with Crippen LogP contribution in [-0.4, -0.2) is 47.0 Å². The molecule has 35 heavy (non-hydrogen) atoms. The number of carbonyl (C=O) groups excluding carboxylic acids is 2. The second-order valence-electron chi connectivity index (χ2n) is 10.1. The van der Waals surface area contributed by atoms with Gasteiger partial charge < -0.3 is 26.4 Å². The second-order valence-corrected chi connectivity index (χ2v) is 10.5. The molecule has 1 saturated heterocycles. The van der Waals surface area contributed by atoms with Gasteiger partial charge in [0.15, 0.2) is 0 Å². The van der Waals surface area contributed by atoms with Crippen molar-refractivity contribution in [3.05, 3.63) is 64.7 Å². The lowest BCUT2D eigenvalue weighted by Crippen LogP contribution is -2.65. The molecule has 8 nitrogen and oxygen atoms in total. The lowest BCUT2D eigenvalue weighted by molar-refractivity contribution is -0.140. The maximum Gasteiger partial charge on any atom is 0.405 e. The van der Waals surface area contributed by atoms with E-state index in [0.29, 0.717) is 35.8 Å². The highest BCUT2D eigenvalue weighted by atomic mass is 35.5. The predicted octanol–water partition coefficient (Wildman–Crippen LogP) is 4.10. The quantitative estimate of drug-likeness (QED) is 0.444. The lowest BCUT2D eigenvalue weighted by Gasteiger charge is -2.54. The van der Waals surface area contributed by atoms with Gasteiger partial charge in [0, 0.05) is 34.8 Å². The van der Waals surface area contributed by atoms with E-state index in [2.05, 4.69) is 10.6 Å². The van der Waals surface area contributed by atoms with Gasteiger partial charge in [0.1, 0.15) is 6.04 Å². The Morgan fingerprint density at radius 3 is 2.31 bits per heavy atom. The molecule has 1 aliphatic heterocycles. The number of likely N-dealkylation sites (tertiary alicyclic amines) is 1. The summed E-state index contributed by atoms with van der Waals surface area (Å²) in [5.41, 5.74) is 5.86. The number of nitrogens with one attached hydrogen (secondary N) is 2. The van der Waals surface area contributed by atoms with Gasteiger partial charge in [-0.15, -0.1) is 0 Å². The van der Waals surface area contributed by atoms with Gasteiger partial charge in [-0.25, -0.2) is 4.79 Å². The topological polar surface area (TPSA) is 125 Å². The standard InChI is InChI=1S/C26H33ClN4O4/c1-16(2)21(29-22(32)17-6-5-7-20(28)14-17)23(33)31-13-12-26(30-24(34)35,25(3,4)15-31)18-8-10-19(27)11-9-18/h5-11,14,16,21,30H,12-13,15,28H2,1-4H3,(H,29,32)(H,34,35)/t21-,26+/m1/s1. The second kappa shape index (κ2) is 10.2. The van der Waals surface area contributed by atoms with Crippen molar-refractivity contribution in [1.82, 2.24) is 15.5 Å². The number of piperidine rings is 1. The van der Waals surface area contributed by atoms with Crippen molar-refractivity contribution in [3.63, 3.8) is 0 Å². The van der Waals surface area contributed by atoms with Crippen LogP contribution in [-0.2, 0) is 10.3 Å². The number of hydrogen-bond acceptors (Lipinski definition) is 4. The fourth-order valence-electron chi connectivity index (χ4n) is 4.89. The van der Waals surface area contributed by atoms with E-state index in [0.717, 1.165) is 5.56 Å². The summed E-state index contributed by atoms with van der Waals surface area (Å²) in [6.07, 6.45) is -0.768. The number of nitrogens with two attached hydrogens (primary N) is 1. The van der Waals surface area contributed by atoms with Gasteiger partial charge in [-0.2, -0.15) is 0 Å². The van der Waals surface area contributed by atoms with Crippen molar-refractivity contribution < 1.29 is 19.5 Å². The Labute approximate surface area is 210 Å². The van der Waals surface area contributed by atoms with Gasteiger partial charge in [0.05, 0.1) is 5.54 Å². The zero-order valence-corrected chi connectivity index (χ0v) is 21.2. The highest BCUT2D eigenvalue weighted by Gasteiger charge is 2.52. The van der Waals surface area contributed by atoms with Crippen LogP contribution in [0.25, 0.3) is 0 Å². The normalized spacial score (nSPS) is 20.2. The van der Waals surface area contributed by atoms with Gasteiger partial charge in [-0.05, 0) is 48.2 Å². The average Bonchev–Trinajstić information content (AvgIpc) is 2.78.